The molecule has 0 radical (unpaired) electrons. The van der Waals surface area contributed by atoms with E-state index < -0.39 is 0 Å². The number of nitrogens with zero attached hydrogens (tertiary/aromatic N) is 1. The Morgan fingerprint density at radius 2 is 1.86 bits per heavy atom. The first-order chi connectivity index (χ1) is 10.1. The van der Waals surface area contributed by atoms with Gasteiger partial charge in [-0.2, -0.15) is 0 Å². The number of nitrogens with two attached hydrogens (primary N) is 1. The maximum Gasteiger partial charge on any atom is 0.251 e. The predicted octanol–water partition coefficient (Wildman–Crippen LogP) is 2.02. The number of carbonyl (C=O) groups is 1. The monoisotopic (exact) mass is 283 g/mol. The SMILES string of the molecule is Cc1ccc(CNC(=O)c2cccc(/C(N)=N/O)c2)cc1. The summed E-state index contributed by atoms with van der Waals surface area (Å²) in [6, 6.07) is 14.6. The van der Waals surface area contributed by atoms with Gasteiger partial charge in [-0.05, 0) is 24.6 Å². The molecule has 0 aromatic heterocycles. The first kappa shape index (κ1) is 14.6. The van der Waals surface area contributed by atoms with Gasteiger partial charge in [0.25, 0.3) is 5.91 Å². The highest BCUT2D eigenvalue weighted by Crippen LogP contribution is 2.07. The molecule has 108 valence electrons. The van der Waals surface area contributed by atoms with Crippen LogP contribution >= 0.6 is 0 Å². The van der Waals surface area contributed by atoms with Crippen LogP contribution in [0, 0.1) is 6.92 Å². The molecule has 2 aromatic carbocycles. The van der Waals surface area contributed by atoms with E-state index in [-0.39, 0.29) is 11.7 Å². The molecule has 0 aliphatic carbocycles. The molecule has 21 heavy (non-hydrogen) atoms. The van der Waals surface area contributed by atoms with E-state index in [4.69, 9.17) is 10.9 Å². The number of nitrogens with one attached hydrogen (secondary N) is 1. The minimum atomic E-state index is -0.205. The molecule has 0 unspecified atom stereocenters. The predicted molar refractivity (Wildman–Crippen MR) is 81.3 cm³/mol. The molecule has 0 spiro atoms. The van der Waals surface area contributed by atoms with E-state index >= 15 is 0 Å². The summed E-state index contributed by atoms with van der Waals surface area (Å²) in [6.07, 6.45) is 0. The molecule has 0 aliphatic rings. The summed E-state index contributed by atoms with van der Waals surface area (Å²) in [5.74, 6) is -0.230. The van der Waals surface area contributed by atoms with Crippen LogP contribution in [0.4, 0.5) is 0 Å². The Labute approximate surface area is 123 Å². The second-order valence-electron chi connectivity index (χ2n) is 4.73. The number of amides is 1. The lowest BCUT2D eigenvalue weighted by molar-refractivity contribution is 0.0951. The van der Waals surface area contributed by atoms with Crippen molar-refractivity contribution >= 4 is 11.7 Å². The van der Waals surface area contributed by atoms with Gasteiger partial charge in [-0.1, -0.05) is 47.1 Å². The number of aryl methyl sites for hydroxylation is 1. The molecular weight excluding hydrogens is 266 g/mol. The van der Waals surface area contributed by atoms with Crippen LogP contribution in [0.3, 0.4) is 0 Å². The Bertz CT molecular complexity index is 663. The Hall–Kier alpha value is -2.82. The lowest BCUT2D eigenvalue weighted by Crippen LogP contribution is -2.23. The van der Waals surface area contributed by atoms with Crippen LogP contribution in [0.2, 0.25) is 0 Å². The second-order valence-corrected chi connectivity index (χ2v) is 4.73. The number of hydrogen-bond donors (Lipinski definition) is 3. The molecule has 0 bridgehead atoms. The molecular formula is C16H17N3O2. The van der Waals surface area contributed by atoms with Crippen LogP contribution in [-0.2, 0) is 6.54 Å². The summed E-state index contributed by atoms with van der Waals surface area (Å²) < 4.78 is 0. The van der Waals surface area contributed by atoms with Crippen LogP contribution in [0.15, 0.2) is 53.7 Å². The highest BCUT2D eigenvalue weighted by atomic mass is 16.4. The van der Waals surface area contributed by atoms with E-state index in [0.29, 0.717) is 17.7 Å². The highest BCUT2D eigenvalue weighted by Gasteiger charge is 2.07. The minimum absolute atomic E-state index is 0.0248. The molecule has 0 fully saturated rings. The summed E-state index contributed by atoms with van der Waals surface area (Å²) in [6.45, 7) is 2.47. The van der Waals surface area contributed by atoms with E-state index in [0.717, 1.165) is 5.56 Å². The lowest BCUT2D eigenvalue weighted by atomic mass is 10.1. The van der Waals surface area contributed by atoms with Crippen molar-refractivity contribution in [2.24, 2.45) is 10.9 Å². The summed E-state index contributed by atoms with van der Waals surface area (Å²) >= 11 is 0. The molecule has 5 heteroatoms. The van der Waals surface area contributed by atoms with Crippen molar-refractivity contribution in [3.05, 3.63) is 70.8 Å². The lowest BCUT2D eigenvalue weighted by Gasteiger charge is -2.07. The zero-order valence-corrected chi connectivity index (χ0v) is 11.7. The summed E-state index contributed by atoms with van der Waals surface area (Å²) in [4.78, 5) is 12.1. The third-order valence-corrected chi connectivity index (χ3v) is 3.10. The number of hydrogen-bond acceptors (Lipinski definition) is 3. The van der Waals surface area contributed by atoms with Crippen LogP contribution in [0.1, 0.15) is 27.0 Å². The average molecular weight is 283 g/mol. The van der Waals surface area contributed by atoms with Gasteiger partial charge in [0.1, 0.15) is 0 Å². The highest BCUT2D eigenvalue weighted by molar-refractivity contribution is 6.01. The molecule has 2 rings (SSSR count). The van der Waals surface area contributed by atoms with E-state index in [1.54, 1.807) is 24.3 Å². The van der Waals surface area contributed by atoms with Crippen molar-refractivity contribution < 1.29 is 10.0 Å². The van der Waals surface area contributed by atoms with Gasteiger partial charge in [-0.3, -0.25) is 4.79 Å². The second kappa shape index (κ2) is 6.56. The largest absolute Gasteiger partial charge is 0.409 e. The third kappa shape index (κ3) is 3.82. The molecule has 2 aromatic rings. The van der Waals surface area contributed by atoms with Gasteiger partial charge in [0.05, 0.1) is 0 Å². The molecule has 0 aliphatic heterocycles. The van der Waals surface area contributed by atoms with Gasteiger partial charge in [0.15, 0.2) is 5.84 Å². The molecule has 5 nitrogen and oxygen atoms in total. The summed E-state index contributed by atoms with van der Waals surface area (Å²) in [5.41, 5.74) is 8.68. The quantitative estimate of drug-likeness (QED) is 0.347. The fraction of sp³-hybridized carbons (Fsp3) is 0.125. The van der Waals surface area contributed by atoms with E-state index in [1.807, 2.05) is 31.2 Å². The third-order valence-electron chi connectivity index (χ3n) is 3.10. The molecule has 1 amide bonds. The standard InChI is InChI=1S/C16H17N3O2/c1-11-5-7-12(8-6-11)10-18-16(20)14-4-2-3-13(9-14)15(17)19-21/h2-9,21H,10H2,1H3,(H2,17,19)(H,18,20). The summed E-state index contributed by atoms with van der Waals surface area (Å²) in [7, 11) is 0. The zero-order valence-electron chi connectivity index (χ0n) is 11.7. The Kier molecular flexibility index (Phi) is 4.56. The molecule has 0 heterocycles. The maximum absolute atomic E-state index is 12.1. The fourth-order valence-corrected chi connectivity index (χ4v) is 1.87. The first-order valence-electron chi connectivity index (χ1n) is 6.52. The summed E-state index contributed by atoms with van der Waals surface area (Å²) in [5, 5.41) is 14.4. The number of benzene rings is 2. The van der Waals surface area contributed by atoms with Crippen LogP contribution in [0.25, 0.3) is 0 Å². The van der Waals surface area contributed by atoms with Crippen molar-refractivity contribution in [2.45, 2.75) is 13.5 Å². The van der Waals surface area contributed by atoms with Crippen LogP contribution in [-0.4, -0.2) is 17.0 Å². The zero-order chi connectivity index (χ0) is 15.2. The van der Waals surface area contributed by atoms with E-state index in [2.05, 4.69) is 10.5 Å². The normalized spacial score (nSPS) is 11.2. The molecule has 0 saturated carbocycles. The van der Waals surface area contributed by atoms with Crippen molar-refractivity contribution in [3.63, 3.8) is 0 Å². The number of rotatable bonds is 4. The average Bonchev–Trinajstić information content (AvgIpc) is 2.53. The van der Waals surface area contributed by atoms with Gasteiger partial charge in [0, 0.05) is 17.7 Å². The van der Waals surface area contributed by atoms with Gasteiger partial charge < -0.3 is 16.3 Å². The molecule has 4 N–H and O–H groups in total. The minimum Gasteiger partial charge on any atom is -0.409 e. The first-order valence-corrected chi connectivity index (χ1v) is 6.52. The number of amidine groups is 1. The molecule has 0 saturated heterocycles. The van der Waals surface area contributed by atoms with Crippen molar-refractivity contribution in [2.75, 3.05) is 0 Å². The van der Waals surface area contributed by atoms with Crippen molar-refractivity contribution in [1.29, 1.82) is 0 Å². The Morgan fingerprint density at radius 3 is 2.52 bits per heavy atom. The van der Waals surface area contributed by atoms with Gasteiger partial charge in [0.2, 0.25) is 0 Å². The Morgan fingerprint density at radius 1 is 1.19 bits per heavy atom. The Balaban J connectivity index is 2.05. The van der Waals surface area contributed by atoms with Crippen molar-refractivity contribution in [1.82, 2.24) is 5.32 Å². The van der Waals surface area contributed by atoms with Gasteiger partial charge in [-0.25, -0.2) is 0 Å². The fourth-order valence-electron chi connectivity index (χ4n) is 1.87. The number of carbonyl (C=O) groups excluding carboxylic acids is 1. The van der Waals surface area contributed by atoms with Gasteiger partial charge in [-0.15, -0.1) is 0 Å². The van der Waals surface area contributed by atoms with E-state index in [9.17, 15) is 4.79 Å². The molecule has 0 atom stereocenters. The van der Waals surface area contributed by atoms with E-state index in [1.165, 1.54) is 5.56 Å². The van der Waals surface area contributed by atoms with Crippen LogP contribution in [0.5, 0.6) is 0 Å². The van der Waals surface area contributed by atoms with Gasteiger partial charge >= 0.3 is 0 Å². The topological polar surface area (TPSA) is 87.7 Å². The maximum atomic E-state index is 12.1. The van der Waals surface area contributed by atoms with Crippen molar-refractivity contribution in [3.8, 4) is 0 Å². The number of oxime groups is 1. The smallest absolute Gasteiger partial charge is 0.251 e. The van der Waals surface area contributed by atoms with Crippen LogP contribution < -0.4 is 11.1 Å².